The van der Waals surface area contributed by atoms with Crippen LogP contribution in [0.5, 0.6) is 17.2 Å². The number of hydrogen-bond acceptors (Lipinski definition) is 3. The van der Waals surface area contributed by atoms with E-state index in [9.17, 15) is 9.50 Å². The van der Waals surface area contributed by atoms with Gasteiger partial charge in [-0.15, -0.1) is 0 Å². The van der Waals surface area contributed by atoms with Crippen molar-refractivity contribution in [3.8, 4) is 28.4 Å². The van der Waals surface area contributed by atoms with Crippen molar-refractivity contribution < 1.29 is 19.0 Å². The normalized spacial score (nSPS) is 10.2. The lowest BCUT2D eigenvalue weighted by Gasteiger charge is -2.09. The smallest absolute Gasteiger partial charge is 0.165 e. The van der Waals surface area contributed by atoms with Crippen molar-refractivity contribution in [3.05, 3.63) is 42.2 Å². The highest BCUT2D eigenvalue weighted by Gasteiger charge is 2.09. The maximum Gasteiger partial charge on any atom is 0.165 e. The molecular formula is C14H13FO3. The van der Waals surface area contributed by atoms with Gasteiger partial charge in [-0.2, -0.15) is 0 Å². The largest absolute Gasteiger partial charge is 0.507 e. The molecule has 0 unspecified atom stereocenters. The fourth-order valence-electron chi connectivity index (χ4n) is 1.71. The number of ether oxygens (including phenoxy) is 2. The summed E-state index contributed by atoms with van der Waals surface area (Å²) in [5.74, 6) is 0.359. The summed E-state index contributed by atoms with van der Waals surface area (Å²) >= 11 is 0. The summed E-state index contributed by atoms with van der Waals surface area (Å²) in [6.45, 7) is 0. The standard InChI is InChI=1S/C14H13FO3/c1-17-10-4-5-13(16)11(8-10)9-3-6-14(18-2)12(15)7-9/h3-8,16H,1-2H3. The number of phenolic OH excluding ortho intramolecular Hbond substituents is 1. The second-order valence-electron chi connectivity index (χ2n) is 3.73. The van der Waals surface area contributed by atoms with Crippen molar-refractivity contribution in [2.24, 2.45) is 0 Å². The third-order valence-electron chi connectivity index (χ3n) is 2.67. The number of aromatic hydroxyl groups is 1. The Morgan fingerprint density at radius 1 is 1.00 bits per heavy atom. The molecule has 18 heavy (non-hydrogen) atoms. The van der Waals surface area contributed by atoms with E-state index >= 15 is 0 Å². The number of hydrogen-bond donors (Lipinski definition) is 1. The van der Waals surface area contributed by atoms with Crippen LogP contribution in [0.3, 0.4) is 0 Å². The van der Waals surface area contributed by atoms with Gasteiger partial charge in [0.15, 0.2) is 11.6 Å². The molecule has 0 amide bonds. The summed E-state index contributed by atoms with van der Waals surface area (Å²) in [7, 11) is 2.94. The van der Waals surface area contributed by atoms with Gasteiger partial charge in [0.1, 0.15) is 11.5 Å². The van der Waals surface area contributed by atoms with Gasteiger partial charge in [0, 0.05) is 5.56 Å². The van der Waals surface area contributed by atoms with E-state index in [-0.39, 0.29) is 11.5 Å². The van der Waals surface area contributed by atoms with E-state index in [2.05, 4.69) is 0 Å². The molecule has 0 aliphatic carbocycles. The van der Waals surface area contributed by atoms with Crippen LogP contribution in [0.25, 0.3) is 11.1 Å². The van der Waals surface area contributed by atoms with Gasteiger partial charge in [-0.1, -0.05) is 6.07 Å². The lowest BCUT2D eigenvalue weighted by Crippen LogP contribution is -1.89. The highest BCUT2D eigenvalue weighted by Crippen LogP contribution is 2.34. The summed E-state index contributed by atoms with van der Waals surface area (Å²) in [4.78, 5) is 0. The van der Waals surface area contributed by atoms with Crippen molar-refractivity contribution in [1.82, 2.24) is 0 Å². The molecule has 0 heterocycles. The minimum Gasteiger partial charge on any atom is -0.507 e. The molecule has 2 aromatic rings. The minimum absolute atomic E-state index is 0.0698. The first kappa shape index (κ1) is 12.2. The molecule has 0 saturated carbocycles. The minimum atomic E-state index is -0.475. The Morgan fingerprint density at radius 3 is 2.39 bits per heavy atom. The summed E-state index contributed by atoms with van der Waals surface area (Å²) in [5.41, 5.74) is 1.07. The monoisotopic (exact) mass is 248 g/mol. The Morgan fingerprint density at radius 2 is 1.78 bits per heavy atom. The molecule has 0 aliphatic rings. The second-order valence-corrected chi connectivity index (χ2v) is 3.73. The van der Waals surface area contributed by atoms with Gasteiger partial charge >= 0.3 is 0 Å². The van der Waals surface area contributed by atoms with Gasteiger partial charge in [0.05, 0.1) is 14.2 Å². The van der Waals surface area contributed by atoms with Crippen LogP contribution in [0.4, 0.5) is 4.39 Å². The summed E-state index contributed by atoms with van der Waals surface area (Å²) < 4.78 is 23.5. The number of halogens is 1. The Bertz CT molecular complexity index is 567. The van der Waals surface area contributed by atoms with Crippen molar-refractivity contribution in [2.45, 2.75) is 0 Å². The molecule has 2 rings (SSSR count). The fourth-order valence-corrected chi connectivity index (χ4v) is 1.71. The molecule has 0 spiro atoms. The first-order valence-corrected chi connectivity index (χ1v) is 5.36. The Labute approximate surface area is 104 Å². The van der Waals surface area contributed by atoms with Crippen molar-refractivity contribution in [1.29, 1.82) is 0 Å². The highest BCUT2D eigenvalue weighted by atomic mass is 19.1. The van der Waals surface area contributed by atoms with E-state index in [1.807, 2.05) is 0 Å². The molecule has 1 N–H and O–H groups in total. The van der Waals surface area contributed by atoms with E-state index in [0.717, 1.165) is 0 Å². The zero-order valence-electron chi connectivity index (χ0n) is 10.1. The van der Waals surface area contributed by atoms with Crippen LogP contribution >= 0.6 is 0 Å². The maximum atomic E-state index is 13.6. The Balaban J connectivity index is 2.51. The third kappa shape index (κ3) is 2.22. The van der Waals surface area contributed by atoms with Crippen LogP contribution in [-0.4, -0.2) is 19.3 Å². The van der Waals surface area contributed by atoms with E-state index in [0.29, 0.717) is 16.9 Å². The summed E-state index contributed by atoms with van der Waals surface area (Å²) in [5, 5.41) is 9.79. The van der Waals surface area contributed by atoms with Crippen LogP contribution in [-0.2, 0) is 0 Å². The summed E-state index contributed by atoms with van der Waals surface area (Å²) in [6, 6.07) is 9.30. The summed E-state index contributed by atoms with van der Waals surface area (Å²) in [6.07, 6.45) is 0. The topological polar surface area (TPSA) is 38.7 Å². The predicted molar refractivity (Wildman–Crippen MR) is 66.6 cm³/mol. The molecule has 0 saturated heterocycles. The number of phenols is 1. The average Bonchev–Trinajstić information content (AvgIpc) is 2.39. The average molecular weight is 248 g/mol. The number of methoxy groups -OCH3 is 2. The van der Waals surface area contributed by atoms with Gasteiger partial charge in [0.2, 0.25) is 0 Å². The fraction of sp³-hybridized carbons (Fsp3) is 0.143. The van der Waals surface area contributed by atoms with Crippen molar-refractivity contribution in [2.75, 3.05) is 14.2 Å². The predicted octanol–water partition coefficient (Wildman–Crippen LogP) is 3.22. The van der Waals surface area contributed by atoms with Crippen LogP contribution in [0.2, 0.25) is 0 Å². The zero-order valence-corrected chi connectivity index (χ0v) is 10.1. The van der Waals surface area contributed by atoms with Crippen molar-refractivity contribution in [3.63, 3.8) is 0 Å². The molecule has 0 bridgehead atoms. The Hall–Kier alpha value is -2.23. The Kier molecular flexibility index (Phi) is 3.37. The van der Waals surface area contributed by atoms with Crippen LogP contribution < -0.4 is 9.47 Å². The quantitative estimate of drug-likeness (QED) is 0.906. The molecule has 2 aromatic carbocycles. The van der Waals surface area contributed by atoms with Gasteiger partial charge in [-0.3, -0.25) is 0 Å². The molecule has 0 atom stereocenters. The van der Waals surface area contributed by atoms with Crippen LogP contribution in [0.15, 0.2) is 36.4 Å². The lowest BCUT2D eigenvalue weighted by molar-refractivity contribution is 0.386. The molecule has 0 aromatic heterocycles. The van der Waals surface area contributed by atoms with Crippen molar-refractivity contribution >= 4 is 0 Å². The van der Waals surface area contributed by atoms with Gasteiger partial charge < -0.3 is 14.6 Å². The molecule has 3 nitrogen and oxygen atoms in total. The van der Waals surface area contributed by atoms with Gasteiger partial charge in [0.25, 0.3) is 0 Å². The lowest BCUT2D eigenvalue weighted by atomic mass is 10.0. The van der Waals surface area contributed by atoms with E-state index in [1.165, 1.54) is 32.4 Å². The first-order valence-electron chi connectivity index (χ1n) is 5.36. The van der Waals surface area contributed by atoms with Gasteiger partial charge in [-0.25, -0.2) is 4.39 Å². The molecule has 0 fully saturated rings. The molecule has 0 aliphatic heterocycles. The molecule has 0 radical (unpaired) electrons. The zero-order chi connectivity index (χ0) is 13.1. The molecular weight excluding hydrogens is 235 g/mol. The van der Waals surface area contributed by atoms with Gasteiger partial charge in [-0.05, 0) is 35.9 Å². The number of rotatable bonds is 3. The molecule has 4 heteroatoms. The first-order chi connectivity index (χ1) is 8.65. The van der Waals surface area contributed by atoms with Crippen LogP contribution in [0.1, 0.15) is 0 Å². The maximum absolute atomic E-state index is 13.6. The SMILES string of the molecule is COc1ccc(O)c(-c2ccc(OC)c(F)c2)c1. The third-order valence-corrected chi connectivity index (χ3v) is 2.67. The highest BCUT2D eigenvalue weighted by molar-refractivity contribution is 5.72. The number of benzene rings is 2. The molecule has 94 valence electrons. The van der Waals surface area contributed by atoms with E-state index < -0.39 is 5.82 Å². The second kappa shape index (κ2) is 4.96. The van der Waals surface area contributed by atoms with E-state index in [1.54, 1.807) is 18.2 Å². The van der Waals surface area contributed by atoms with Crippen LogP contribution in [0, 0.1) is 5.82 Å². The van der Waals surface area contributed by atoms with E-state index in [4.69, 9.17) is 9.47 Å².